The Hall–Kier alpha value is -7.62. The minimum Gasteiger partial charge on any atom is -0.460 e. The molecule has 0 saturated heterocycles. The summed E-state index contributed by atoms with van der Waals surface area (Å²) in [5.41, 5.74) is 6.60. The molecule has 1 aliphatic heterocycles. The lowest BCUT2D eigenvalue weighted by molar-refractivity contribution is -0.147. The Balaban J connectivity index is 1.07. The molecule has 0 fully saturated rings. The zero-order valence-corrected chi connectivity index (χ0v) is 43.8. The van der Waals surface area contributed by atoms with E-state index in [9.17, 15) is 9.59 Å². The van der Waals surface area contributed by atoms with Gasteiger partial charge < -0.3 is 18.3 Å². The summed E-state index contributed by atoms with van der Waals surface area (Å²) < 4.78 is 26.9. The van der Waals surface area contributed by atoms with E-state index in [2.05, 4.69) is 45.2 Å². The van der Waals surface area contributed by atoms with E-state index in [0.29, 0.717) is 44.5 Å². The molecule has 0 spiro atoms. The molecule has 0 saturated carbocycles. The highest BCUT2D eigenvalue weighted by Gasteiger charge is 2.44. The predicted octanol–water partition coefficient (Wildman–Crippen LogP) is 15.6. The average Bonchev–Trinajstić information content (AvgIpc) is 3.64. The summed E-state index contributed by atoms with van der Waals surface area (Å²) in [4.78, 5) is 58.9. The van der Waals surface area contributed by atoms with Gasteiger partial charge in [0.1, 0.15) is 24.4 Å². The van der Waals surface area contributed by atoms with Crippen LogP contribution < -0.4 is 4.90 Å². The lowest BCUT2D eigenvalue weighted by Crippen LogP contribution is -2.30. The zero-order valence-electron chi connectivity index (χ0n) is 39.4. The van der Waals surface area contributed by atoms with Crippen molar-refractivity contribution in [2.75, 3.05) is 4.90 Å². The first-order chi connectivity index (χ1) is 35.5. The van der Waals surface area contributed by atoms with Crippen LogP contribution in [-0.4, -0.2) is 23.8 Å². The number of carbonyl (C=O) groups is 4. The van der Waals surface area contributed by atoms with Gasteiger partial charge in [-0.05, 0) is 138 Å². The number of imide groups is 1. The molecule has 2 heterocycles. The second-order valence-corrected chi connectivity index (χ2v) is 20.3. The van der Waals surface area contributed by atoms with Crippen LogP contribution in [0.15, 0.2) is 197 Å². The number of hydrogen-bond donors (Lipinski definition) is 0. The lowest BCUT2D eigenvalue weighted by Gasteiger charge is -2.22. The highest BCUT2D eigenvalue weighted by molar-refractivity contribution is 14.1. The summed E-state index contributed by atoms with van der Waals surface area (Å²) in [6.07, 6.45) is 0. The number of anilines is 1. The van der Waals surface area contributed by atoms with Gasteiger partial charge in [-0.15, -0.1) is 0 Å². The summed E-state index contributed by atoms with van der Waals surface area (Å²) in [5.74, 6) is -3.65. The van der Waals surface area contributed by atoms with Gasteiger partial charge in [0.2, 0.25) is 11.5 Å². The number of benzene rings is 9. The van der Waals surface area contributed by atoms with Crippen molar-refractivity contribution in [1.82, 2.24) is 0 Å². The average molecular weight is 1180 g/mol. The van der Waals surface area contributed by atoms with Crippen molar-refractivity contribution in [3.63, 3.8) is 0 Å². The van der Waals surface area contributed by atoms with Gasteiger partial charge in [0.15, 0.2) is 0 Å². The largest absolute Gasteiger partial charge is 0.460 e. The van der Waals surface area contributed by atoms with Crippen LogP contribution in [0.2, 0.25) is 0 Å². The Morgan fingerprint density at radius 1 is 0.493 bits per heavy atom. The number of fused-ring (bicyclic) bond motifs is 8. The third kappa shape index (κ3) is 9.05. The summed E-state index contributed by atoms with van der Waals surface area (Å²) in [6.45, 7) is 3.60. The van der Waals surface area contributed by atoms with Gasteiger partial charge in [0.25, 0.3) is 0 Å². The smallest absolute Gasteiger partial charge is 0.313 e. The molecule has 2 amide bonds. The molecule has 9 aromatic carbocycles. The topological polar surface area (TPSA) is 116 Å². The van der Waals surface area contributed by atoms with Gasteiger partial charge in [-0.3, -0.25) is 19.2 Å². The summed E-state index contributed by atoms with van der Waals surface area (Å²) >= 11 is 4.48. The van der Waals surface area contributed by atoms with Gasteiger partial charge in [-0.2, -0.15) is 0 Å². The van der Waals surface area contributed by atoms with Crippen molar-refractivity contribution in [2.24, 2.45) is 0 Å². The maximum atomic E-state index is 15.5. The second-order valence-electron chi connectivity index (χ2n) is 18.0. The van der Waals surface area contributed by atoms with E-state index >= 15 is 9.59 Å². The van der Waals surface area contributed by atoms with Crippen LogP contribution in [0.25, 0.3) is 65.7 Å². The molecular formula is C62H43I2NO8. The standard InChI is InChI=1S/C62H43I2NO8/c1-36(40-18-5-3-6-19-40)61(68)70-34-38-16-13-24-42(30-38)48-28-15-29-49(43-25-14-17-39(31-43)35-71-62(69)37(2)41-20-7-4-8-21-41)54(48)65-59(66)57-58(60(65)67)73-56-51(64)33-45-23-10-12-27-47(45)53(56)52-46-26-11-9-22-44(46)32-50(63)55(52)72-57/h3-33,36-37H,34-35H2,1-2H3/t36-,37-/m0/s1. The Morgan fingerprint density at radius 2 is 0.890 bits per heavy atom. The number of nitrogens with zero attached hydrogens (tertiary/aromatic N) is 1. The first-order valence-corrected chi connectivity index (χ1v) is 25.9. The van der Waals surface area contributed by atoms with E-state index in [1.165, 1.54) is 0 Å². The number of halogens is 2. The van der Waals surface area contributed by atoms with Crippen LogP contribution in [0.3, 0.4) is 0 Å². The number of esters is 2. The van der Waals surface area contributed by atoms with Crippen molar-refractivity contribution in [3.8, 4) is 22.3 Å². The fourth-order valence-corrected chi connectivity index (χ4v) is 11.0. The molecule has 0 bridgehead atoms. The number of rotatable bonds is 11. The number of amides is 2. The van der Waals surface area contributed by atoms with Crippen molar-refractivity contribution < 1.29 is 37.5 Å². The van der Waals surface area contributed by atoms with E-state index < -0.39 is 23.7 Å². The van der Waals surface area contributed by atoms with E-state index in [-0.39, 0.29) is 42.4 Å². The summed E-state index contributed by atoms with van der Waals surface area (Å²) in [6, 6.07) is 59.5. The predicted molar refractivity (Wildman–Crippen MR) is 302 cm³/mol. The quantitative estimate of drug-likeness (QED) is 0.0714. The van der Waals surface area contributed by atoms with Gasteiger partial charge in [-0.1, -0.05) is 164 Å². The molecule has 0 radical (unpaired) electrons. The van der Waals surface area contributed by atoms with E-state index in [0.717, 1.165) is 55.5 Å². The molecule has 11 rings (SSSR count). The molecule has 0 aliphatic carbocycles. The Labute approximate surface area is 447 Å². The lowest BCUT2D eigenvalue weighted by atomic mass is 9.93. The number of carbonyl (C=O) groups excluding carboxylic acids is 4. The van der Waals surface area contributed by atoms with Crippen LogP contribution in [0, 0.1) is 7.14 Å². The fraction of sp³-hybridized carbons (Fsp3) is 0.0968. The SMILES string of the molecule is C[C@H](C(=O)OCc1cccc(-c2cccc(-c3cccc(COC(=O)[C@@H](C)c4ccccc4)c3)c2N2C(=O)c3oc4c(I)cc5ccccc5c4c4c(oc3C2=O)c(I)cc2ccccc24)c1)c1ccccc1. The first-order valence-electron chi connectivity index (χ1n) is 23.7. The fourth-order valence-electron chi connectivity index (χ4n) is 9.58. The second kappa shape index (κ2) is 20.1. The van der Waals surface area contributed by atoms with Crippen molar-refractivity contribution in [1.29, 1.82) is 0 Å². The third-order valence-corrected chi connectivity index (χ3v) is 15.0. The highest BCUT2D eigenvalue weighted by atomic mass is 127. The third-order valence-electron chi connectivity index (χ3n) is 13.4. The van der Waals surface area contributed by atoms with Gasteiger partial charge >= 0.3 is 23.8 Å². The molecule has 0 unspecified atom stereocenters. The van der Waals surface area contributed by atoms with Crippen molar-refractivity contribution >= 4 is 118 Å². The maximum Gasteiger partial charge on any atom is 0.313 e. The number of ether oxygens (including phenoxy) is 2. The molecule has 2 atom stereocenters. The number of hydrogen-bond acceptors (Lipinski definition) is 8. The molecule has 1 aromatic heterocycles. The van der Waals surface area contributed by atoms with Crippen LogP contribution in [0.1, 0.15) is 69.0 Å². The number of para-hydroxylation sites is 1. The first kappa shape index (κ1) is 47.7. The summed E-state index contributed by atoms with van der Waals surface area (Å²) in [7, 11) is 0. The van der Waals surface area contributed by atoms with E-state index in [4.69, 9.17) is 18.3 Å². The van der Waals surface area contributed by atoms with E-state index in [1.807, 2.05) is 202 Å². The van der Waals surface area contributed by atoms with Crippen molar-refractivity contribution in [2.45, 2.75) is 38.9 Å². The van der Waals surface area contributed by atoms with Gasteiger partial charge in [0.05, 0.1) is 24.7 Å². The van der Waals surface area contributed by atoms with Crippen LogP contribution in [0.5, 0.6) is 0 Å². The summed E-state index contributed by atoms with van der Waals surface area (Å²) in [5, 5.41) is 5.20. The molecule has 358 valence electrons. The normalized spacial score (nSPS) is 13.1. The van der Waals surface area contributed by atoms with Gasteiger partial charge in [0, 0.05) is 21.9 Å². The minimum atomic E-state index is -0.720. The van der Waals surface area contributed by atoms with Crippen LogP contribution in [-0.2, 0) is 32.3 Å². The maximum absolute atomic E-state index is 15.5. The monoisotopic (exact) mass is 1180 g/mol. The van der Waals surface area contributed by atoms with Crippen LogP contribution in [0.4, 0.5) is 5.69 Å². The van der Waals surface area contributed by atoms with Gasteiger partial charge in [-0.25, -0.2) is 4.90 Å². The molecule has 11 heteroatoms. The Bertz CT molecular complexity index is 3670. The van der Waals surface area contributed by atoms with Crippen molar-refractivity contribution in [3.05, 3.63) is 229 Å². The minimum absolute atomic E-state index is 0.0128. The molecule has 0 N–H and O–H groups in total. The Morgan fingerprint density at radius 3 is 1.33 bits per heavy atom. The van der Waals surface area contributed by atoms with Crippen LogP contribution >= 0.6 is 45.2 Å². The van der Waals surface area contributed by atoms with E-state index in [1.54, 1.807) is 0 Å². The highest BCUT2D eigenvalue weighted by Crippen LogP contribution is 2.46. The molecule has 9 nitrogen and oxygen atoms in total. The molecule has 10 aromatic rings. The Kier molecular flexibility index (Phi) is 13.1. The molecular weight excluding hydrogens is 1140 g/mol. The zero-order chi connectivity index (χ0) is 50.3. The molecule has 1 aliphatic rings. The molecule has 73 heavy (non-hydrogen) atoms.